The maximum absolute atomic E-state index is 13.3. The molecular formula is C14H12ClF2N. The summed E-state index contributed by atoms with van der Waals surface area (Å²) < 4.78 is 26.5. The number of nitrogens with one attached hydrogen (secondary N) is 1. The van der Waals surface area contributed by atoms with Crippen molar-refractivity contribution >= 4 is 17.3 Å². The average molecular weight is 268 g/mol. The number of halogens is 3. The Hall–Kier alpha value is -1.61. The Morgan fingerprint density at radius 2 is 1.89 bits per heavy atom. The van der Waals surface area contributed by atoms with Crippen molar-refractivity contribution in [1.29, 1.82) is 0 Å². The zero-order chi connectivity index (χ0) is 13.1. The smallest absolute Gasteiger partial charge is 0.142 e. The van der Waals surface area contributed by atoms with Crippen LogP contribution in [-0.4, -0.2) is 0 Å². The van der Waals surface area contributed by atoms with E-state index in [2.05, 4.69) is 5.32 Å². The second-order valence-electron chi connectivity index (χ2n) is 4.01. The van der Waals surface area contributed by atoms with Gasteiger partial charge in [0.2, 0.25) is 0 Å². The molecule has 0 fully saturated rings. The van der Waals surface area contributed by atoms with E-state index in [4.69, 9.17) is 11.6 Å². The van der Waals surface area contributed by atoms with Crippen LogP contribution in [0.5, 0.6) is 0 Å². The zero-order valence-electron chi connectivity index (χ0n) is 9.81. The van der Waals surface area contributed by atoms with E-state index in [0.717, 1.165) is 5.56 Å². The second kappa shape index (κ2) is 5.36. The van der Waals surface area contributed by atoms with Gasteiger partial charge in [0.1, 0.15) is 11.6 Å². The molecule has 0 aliphatic rings. The van der Waals surface area contributed by atoms with Crippen LogP contribution < -0.4 is 5.32 Å². The Morgan fingerprint density at radius 3 is 2.61 bits per heavy atom. The topological polar surface area (TPSA) is 12.0 Å². The van der Waals surface area contributed by atoms with Gasteiger partial charge in [-0.1, -0.05) is 23.7 Å². The fourth-order valence-corrected chi connectivity index (χ4v) is 1.76. The van der Waals surface area contributed by atoms with Gasteiger partial charge in [0.15, 0.2) is 0 Å². The first-order chi connectivity index (χ1) is 8.58. The van der Waals surface area contributed by atoms with Gasteiger partial charge in [-0.3, -0.25) is 0 Å². The number of benzene rings is 2. The molecular weight excluding hydrogens is 256 g/mol. The van der Waals surface area contributed by atoms with Crippen molar-refractivity contribution < 1.29 is 8.78 Å². The fraction of sp³-hybridized carbons (Fsp3) is 0.143. The third kappa shape index (κ3) is 2.79. The highest BCUT2D eigenvalue weighted by atomic mass is 35.5. The standard InChI is InChI=1S/C14H12ClF2N/c1-9-12(16)3-2-4-14(9)18-8-10-5-6-11(15)13(17)7-10/h2-7,18H,8H2,1H3. The summed E-state index contributed by atoms with van der Waals surface area (Å²) in [5, 5.41) is 3.16. The van der Waals surface area contributed by atoms with E-state index in [-0.39, 0.29) is 10.8 Å². The van der Waals surface area contributed by atoms with Gasteiger partial charge >= 0.3 is 0 Å². The molecule has 94 valence electrons. The summed E-state index contributed by atoms with van der Waals surface area (Å²) in [7, 11) is 0. The van der Waals surface area contributed by atoms with Crippen molar-refractivity contribution in [1.82, 2.24) is 0 Å². The first kappa shape index (κ1) is 12.8. The fourth-order valence-electron chi connectivity index (χ4n) is 1.65. The van der Waals surface area contributed by atoms with Crippen LogP contribution in [0.15, 0.2) is 36.4 Å². The Bertz CT molecular complexity index is 570. The Balaban J connectivity index is 2.11. The summed E-state index contributed by atoms with van der Waals surface area (Å²) in [5.74, 6) is -0.714. The van der Waals surface area contributed by atoms with Crippen molar-refractivity contribution in [2.75, 3.05) is 5.32 Å². The molecule has 0 atom stereocenters. The quantitative estimate of drug-likeness (QED) is 0.861. The van der Waals surface area contributed by atoms with Gasteiger partial charge in [0.05, 0.1) is 5.02 Å². The molecule has 2 aromatic carbocycles. The molecule has 1 N–H and O–H groups in total. The lowest BCUT2D eigenvalue weighted by atomic mass is 10.1. The maximum Gasteiger partial charge on any atom is 0.142 e. The number of rotatable bonds is 3. The van der Waals surface area contributed by atoms with Gasteiger partial charge in [-0.25, -0.2) is 8.78 Å². The lowest BCUT2D eigenvalue weighted by molar-refractivity contribution is 0.619. The molecule has 18 heavy (non-hydrogen) atoms. The highest BCUT2D eigenvalue weighted by Crippen LogP contribution is 2.20. The minimum atomic E-state index is -0.452. The number of hydrogen-bond donors (Lipinski definition) is 1. The summed E-state index contributed by atoms with van der Waals surface area (Å²) in [6, 6.07) is 9.42. The second-order valence-corrected chi connectivity index (χ2v) is 4.42. The highest BCUT2D eigenvalue weighted by Gasteiger charge is 2.04. The third-order valence-electron chi connectivity index (χ3n) is 2.73. The van der Waals surface area contributed by atoms with Gasteiger partial charge in [0, 0.05) is 17.8 Å². The van der Waals surface area contributed by atoms with Crippen LogP contribution in [0.25, 0.3) is 0 Å². The highest BCUT2D eigenvalue weighted by molar-refractivity contribution is 6.30. The zero-order valence-corrected chi connectivity index (χ0v) is 10.6. The molecule has 0 unspecified atom stereocenters. The third-order valence-corrected chi connectivity index (χ3v) is 3.04. The molecule has 2 rings (SSSR count). The lowest BCUT2D eigenvalue weighted by Gasteiger charge is -2.10. The Morgan fingerprint density at radius 1 is 1.11 bits per heavy atom. The van der Waals surface area contributed by atoms with Crippen molar-refractivity contribution in [3.8, 4) is 0 Å². The van der Waals surface area contributed by atoms with Crippen molar-refractivity contribution in [3.05, 3.63) is 64.2 Å². The average Bonchev–Trinajstić information content (AvgIpc) is 2.35. The van der Waals surface area contributed by atoms with E-state index in [1.165, 1.54) is 18.2 Å². The largest absolute Gasteiger partial charge is 0.381 e. The van der Waals surface area contributed by atoms with Crippen LogP contribution in [0, 0.1) is 18.6 Å². The van der Waals surface area contributed by atoms with Gasteiger partial charge in [0.25, 0.3) is 0 Å². The van der Waals surface area contributed by atoms with Crippen LogP contribution in [0.4, 0.5) is 14.5 Å². The molecule has 4 heteroatoms. The number of anilines is 1. The van der Waals surface area contributed by atoms with Crippen LogP contribution >= 0.6 is 11.6 Å². The summed E-state index contributed by atoms with van der Waals surface area (Å²) in [6.45, 7) is 2.11. The molecule has 0 radical (unpaired) electrons. The number of hydrogen-bond acceptors (Lipinski definition) is 1. The minimum absolute atomic E-state index is 0.0979. The molecule has 1 nitrogen and oxygen atoms in total. The van der Waals surface area contributed by atoms with Crippen LogP contribution in [0.3, 0.4) is 0 Å². The molecule has 0 aliphatic carbocycles. The van der Waals surface area contributed by atoms with E-state index < -0.39 is 5.82 Å². The van der Waals surface area contributed by atoms with E-state index in [0.29, 0.717) is 17.8 Å². The van der Waals surface area contributed by atoms with Crippen LogP contribution in [0.1, 0.15) is 11.1 Å². The SMILES string of the molecule is Cc1c(F)cccc1NCc1ccc(Cl)c(F)c1. The molecule has 0 aliphatic heterocycles. The van der Waals surface area contributed by atoms with E-state index in [1.807, 2.05) is 0 Å². The van der Waals surface area contributed by atoms with Crippen LogP contribution in [0.2, 0.25) is 5.02 Å². The maximum atomic E-state index is 13.3. The Kier molecular flexibility index (Phi) is 3.82. The Labute approximate surface area is 109 Å². The molecule has 0 spiro atoms. The molecule has 0 amide bonds. The molecule has 0 saturated heterocycles. The van der Waals surface area contributed by atoms with E-state index >= 15 is 0 Å². The van der Waals surface area contributed by atoms with E-state index in [9.17, 15) is 8.78 Å². The van der Waals surface area contributed by atoms with Gasteiger partial charge in [-0.2, -0.15) is 0 Å². The normalized spacial score (nSPS) is 10.4. The molecule has 0 heterocycles. The van der Waals surface area contributed by atoms with Crippen molar-refractivity contribution in [2.45, 2.75) is 13.5 Å². The summed E-state index contributed by atoms with van der Waals surface area (Å²) >= 11 is 5.60. The molecule has 0 aromatic heterocycles. The molecule has 0 bridgehead atoms. The first-order valence-corrected chi connectivity index (χ1v) is 5.88. The summed E-state index contributed by atoms with van der Waals surface area (Å²) in [5.41, 5.74) is 2.00. The van der Waals surface area contributed by atoms with Gasteiger partial charge in [-0.05, 0) is 36.8 Å². The molecule has 0 saturated carbocycles. The van der Waals surface area contributed by atoms with Gasteiger partial charge < -0.3 is 5.32 Å². The van der Waals surface area contributed by atoms with E-state index in [1.54, 1.807) is 25.1 Å². The van der Waals surface area contributed by atoms with Crippen molar-refractivity contribution in [2.24, 2.45) is 0 Å². The first-order valence-electron chi connectivity index (χ1n) is 5.51. The lowest BCUT2D eigenvalue weighted by Crippen LogP contribution is -2.02. The predicted octanol–water partition coefficient (Wildman–Crippen LogP) is 4.54. The minimum Gasteiger partial charge on any atom is -0.381 e. The summed E-state index contributed by atoms with van der Waals surface area (Å²) in [4.78, 5) is 0. The van der Waals surface area contributed by atoms with Crippen LogP contribution in [-0.2, 0) is 6.54 Å². The summed E-state index contributed by atoms with van der Waals surface area (Å²) in [6.07, 6.45) is 0. The van der Waals surface area contributed by atoms with Gasteiger partial charge in [-0.15, -0.1) is 0 Å². The monoisotopic (exact) mass is 267 g/mol. The molecule has 2 aromatic rings. The predicted molar refractivity (Wildman–Crippen MR) is 69.9 cm³/mol. The van der Waals surface area contributed by atoms with Crippen molar-refractivity contribution in [3.63, 3.8) is 0 Å².